The zero-order valence-corrected chi connectivity index (χ0v) is 11.7. The molecule has 3 heteroatoms. The number of aryl methyl sites for hydroxylation is 2. The number of fused-ring (bicyclic) bond motifs is 1. The maximum Gasteiger partial charge on any atom is 0.335 e. The van der Waals surface area contributed by atoms with Gasteiger partial charge in [-0.2, -0.15) is 0 Å². The van der Waals surface area contributed by atoms with Gasteiger partial charge in [0.25, 0.3) is 0 Å². The number of hydrogen-bond donors (Lipinski definition) is 1. The van der Waals surface area contributed by atoms with Gasteiger partial charge in [-0.15, -0.1) is 0 Å². The molecule has 0 saturated carbocycles. The predicted molar refractivity (Wildman–Crippen MR) is 79.2 cm³/mol. The molecular formula is C17H17NO2. The molecule has 1 aliphatic rings. The van der Waals surface area contributed by atoms with Crippen LogP contribution in [0, 0.1) is 13.8 Å². The first-order chi connectivity index (χ1) is 9.54. The Kier molecular flexibility index (Phi) is 2.97. The molecule has 3 rings (SSSR count). The first-order valence-corrected chi connectivity index (χ1v) is 6.72. The van der Waals surface area contributed by atoms with E-state index in [1.165, 1.54) is 22.3 Å². The Labute approximate surface area is 118 Å². The summed E-state index contributed by atoms with van der Waals surface area (Å²) in [5.74, 6) is -0.879. The van der Waals surface area contributed by atoms with E-state index < -0.39 is 5.97 Å². The topological polar surface area (TPSA) is 40.5 Å². The summed E-state index contributed by atoms with van der Waals surface area (Å²) in [5, 5.41) is 9.08. The molecule has 2 aromatic carbocycles. The first kappa shape index (κ1) is 12.7. The monoisotopic (exact) mass is 267 g/mol. The number of nitrogens with zero attached hydrogens (tertiary/aromatic N) is 1. The van der Waals surface area contributed by atoms with Crippen molar-refractivity contribution in [3.8, 4) is 0 Å². The third-order valence-electron chi connectivity index (χ3n) is 4.00. The van der Waals surface area contributed by atoms with Crippen molar-refractivity contribution in [2.24, 2.45) is 0 Å². The Morgan fingerprint density at radius 3 is 2.20 bits per heavy atom. The molecule has 0 fully saturated rings. The molecule has 0 radical (unpaired) electrons. The minimum Gasteiger partial charge on any atom is -0.478 e. The van der Waals surface area contributed by atoms with Crippen molar-refractivity contribution in [2.75, 3.05) is 4.90 Å². The maximum absolute atomic E-state index is 11.1. The molecule has 2 aromatic rings. The lowest BCUT2D eigenvalue weighted by molar-refractivity contribution is 0.0697. The van der Waals surface area contributed by atoms with Gasteiger partial charge in [-0.05, 0) is 54.3 Å². The summed E-state index contributed by atoms with van der Waals surface area (Å²) < 4.78 is 0. The quantitative estimate of drug-likeness (QED) is 0.905. The average Bonchev–Trinajstić information content (AvgIpc) is 2.82. The lowest BCUT2D eigenvalue weighted by Crippen LogP contribution is -2.14. The van der Waals surface area contributed by atoms with Crippen LogP contribution in [0.15, 0.2) is 36.4 Å². The van der Waals surface area contributed by atoms with E-state index in [4.69, 9.17) is 5.11 Å². The van der Waals surface area contributed by atoms with Gasteiger partial charge in [0.15, 0.2) is 0 Å². The van der Waals surface area contributed by atoms with Crippen LogP contribution in [0.5, 0.6) is 0 Å². The van der Waals surface area contributed by atoms with Crippen LogP contribution in [0.2, 0.25) is 0 Å². The van der Waals surface area contributed by atoms with Crippen LogP contribution >= 0.6 is 0 Å². The summed E-state index contributed by atoms with van der Waals surface area (Å²) >= 11 is 0. The molecule has 0 amide bonds. The number of benzene rings is 2. The van der Waals surface area contributed by atoms with E-state index >= 15 is 0 Å². The molecule has 0 saturated heterocycles. The van der Waals surface area contributed by atoms with Gasteiger partial charge in [-0.3, -0.25) is 0 Å². The van der Waals surface area contributed by atoms with Crippen LogP contribution in [-0.2, 0) is 13.1 Å². The van der Waals surface area contributed by atoms with E-state index in [9.17, 15) is 4.79 Å². The number of anilines is 1. The Morgan fingerprint density at radius 2 is 1.65 bits per heavy atom. The van der Waals surface area contributed by atoms with E-state index in [1.807, 2.05) is 6.07 Å². The zero-order valence-electron chi connectivity index (χ0n) is 11.7. The average molecular weight is 267 g/mol. The molecule has 0 atom stereocenters. The maximum atomic E-state index is 11.1. The van der Waals surface area contributed by atoms with Gasteiger partial charge in [0.05, 0.1) is 5.56 Å². The number of hydrogen-bond acceptors (Lipinski definition) is 2. The fourth-order valence-corrected chi connectivity index (χ4v) is 2.72. The summed E-state index contributed by atoms with van der Waals surface area (Å²) in [6.07, 6.45) is 0. The Bertz CT molecular complexity index is 660. The van der Waals surface area contributed by atoms with Crippen molar-refractivity contribution in [2.45, 2.75) is 26.9 Å². The van der Waals surface area contributed by atoms with Crippen molar-refractivity contribution in [3.05, 3.63) is 64.2 Å². The SMILES string of the molecule is Cc1cc2c(cc1C)CN(c1cccc(C(=O)O)c1)C2. The Balaban J connectivity index is 1.92. The summed E-state index contributed by atoms with van der Waals surface area (Å²) in [6, 6.07) is 11.6. The molecule has 0 bridgehead atoms. The molecule has 102 valence electrons. The van der Waals surface area contributed by atoms with Gasteiger partial charge < -0.3 is 10.0 Å². The molecule has 0 spiro atoms. The van der Waals surface area contributed by atoms with Crippen LogP contribution < -0.4 is 4.90 Å². The van der Waals surface area contributed by atoms with Crippen LogP contribution in [-0.4, -0.2) is 11.1 Å². The van der Waals surface area contributed by atoms with E-state index in [-0.39, 0.29) is 0 Å². The third kappa shape index (κ3) is 2.16. The molecule has 0 unspecified atom stereocenters. The number of carbonyl (C=O) groups is 1. The van der Waals surface area contributed by atoms with E-state index in [2.05, 4.69) is 30.9 Å². The lowest BCUT2D eigenvalue weighted by atomic mass is 10.0. The molecule has 1 heterocycles. The van der Waals surface area contributed by atoms with Gasteiger partial charge in [-0.1, -0.05) is 18.2 Å². The molecular weight excluding hydrogens is 250 g/mol. The highest BCUT2D eigenvalue weighted by molar-refractivity contribution is 5.88. The van der Waals surface area contributed by atoms with Crippen molar-refractivity contribution in [3.63, 3.8) is 0 Å². The largest absolute Gasteiger partial charge is 0.478 e. The molecule has 0 aliphatic carbocycles. The number of aromatic carboxylic acids is 1. The number of carboxylic acid groups (broad SMARTS) is 1. The predicted octanol–water partition coefficient (Wildman–Crippen LogP) is 3.52. The van der Waals surface area contributed by atoms with Crippen molar-refractivity contribution >= 4 is 11.7 Å². The minimum atomic E-state index is -0.879. The summed E-state index contributed by atoms with van der Waals surface area (Å²) in [6.45, 7) is 5.95. The molecule has 1 aliphatic heterocycles. The Morgan fingerprint density at radius 1 is 1.05 bits per heavy atom. The first-order valence-electron chi connectivity index (χ1n) is 6.72. The van der Waals surface area contributed by atoms with Crippen LogP contribution in [0.1, 0.15) is 32.6 Å². The van der Waals surface area contributed by atoms with Crippen molar-refractivity contribution in [1.29, 1.82) is 0 Å². The Hall–Kier alpha value is -2.29. The lowest BCUT2D eigenvalue weighted by Gasteiger charge is -2.18. The normalized spacial score (nSPS) is 13.4. The molecule has 0 aromatic heterocycles. The number of carboxylic acids is 1. The minimum absolute atomic E-state index is 0.339. The third-order valence-corrected chi connectivity index (χ3v) is 4.00. The second-order valence-electron chi connectivity index (χ2n) is 5.42. The van der Waals surface area contributed by atoms with Crippen LogP contribution in [0.3, 0.4) is 0 Å². The summed E-state index contributed by atoms with van der Waals surface area (Å²) in [4.78, 5) is 13.3. The highest BCUT2D eigenvalue weighted by Crippen LogP contribution is 2.30. The van der Waals surface area contributed by atoms with E-state index in [0.29, 0.717) is 5.56 Å². The van der Waals surface area contributed by atoms with Crippen molar-refractivity contribution in [1.82, 2.24) is 0 Å². The van der Waals surface area contributed by atoms with Crippen molar-refractivity contribution < 1.29 is 9.90 Å². The smallest absolute Gasteiger partial charge is 0.335 e. The van der Waals surface area contributed by atoms with Gasteiger partial charge in [0, 0.05) is 18.8 Å². The molecule has 20 heavy (non-hydrogen) atoms. The zero-order chi connectivity index (χ0) is 14.3. The van der Waals surface area contributed by atoms with Gasteiger partial charge in [-0.25, -0.2) is 4.79 Å². The van der Waals surface area contributed by atoms with Gasteiger partial charge in [0.2, 0.25) is 0 Å². The van der Waals surface area contributed by atoms with Crippen LogP contribution in [0.4, 0.5) is 5.69 Å². The highest BCUT2D eigenvalue weighted by Gasteiger charge is 2.20. The molecule has 1 N–H and O–H groups in total. The number of rotatable bonds is 2. The van der Waals surface area contributed by atoms with Gasteiger partial charge >= 0.3 is 5.97 Å². The van der Waals surface area contributed by atoms with E-state index in [0.717, 1.165) is 18.8 Å². The summed E-state index contributed by atoms with van der Waals surface area (Å²) in [7, 11) is 0. The summed E-state index contributed by atoms with van der Waals surface area (Å²) in [5.41, 5.74) is 6.61. The van der Waals surface area contributed by atoms with Gasteiger partial charge in [0.1, 0.15) is 0 Å². The standard InChI is InChI=1S/C17H17NO2/c1-11-6-14-9-18(10-15(14)7-12(11)2)16-5-3-4-13(8-16)17(19)20/h3-8H,9-10H2,1-2H3,(H,19,20). The highest BCUT2D eigenvalue weighted by atomic mass is 16.4. The fraction of sp³-hybridized carbons (Fsp3) is 0.235. The second kappa shape index (κ2) is 4.67. The van der Waals surface area contributed by atoms with E-state index in [1.54, 1.807) is 18.2 Å². The second-order valence-corrected chi connectivity index (χ2v) is 5.42. The fourth-order valence-electron chi connectivity index (χ4n) is 2.72. The molecule has 3 nitrogen and oxygen atoms in total. The van der Waals surface area contributed by atoms with Crippen LogP contribution in [0.25, 0.3) is 0 Å².